The number of carbonyl (C=O) groups excluding carboxylic acids is 2. The van der Waals surface area contributed by atoms with E-state index in [2.05, 4.69) is 5.32 Å². The zero-order valence-electron chi connectivity index (χ0n) is 13.4. The van der Waals surface area contributed by atoms with Crippen molar-refractivity contribution in [3.05, 3.63) is 0 Å². The molecule has 5 heteroatoms. The lowest BCUT2D eigenvalue weighted by Crippen LogP contribution is -2.69. The summed E-state index contributed by atoms with van der Waals surface area (Å²) < 4.78 is 5.03. The van der Waals surface area contributed by atoms with Crippen molar-refractivity contribution in [3.8, 4) is 0 Å². The lowest BCUT2D eigenvalue weighted by molar-refractivity contribution is -0.156. The minimum absolute atomic E-state index is 0.0429. The molecule has 1 saturated heterocycles. The van der Waals surface area contributed by atoms with Gasteiger partial charge in [-0.1, -0.05) is 20.3 Å². The van der Waals surface area contributed by atoms with Gasteiger partial charge in [-0.3, -0.25) is 9.59 Å². The molecule has 2 unspecified atom stereocenters. The number of amides is 2. The summed E-state index contributed by atoms with van der Waals surface area (Å²) >= 11 is 0. The number of nitrogens with one attached hydrogen (secondary N) is 1. The Kier molecular flexibility index (Phi) is 5.99. The number of ether oxygens (including phenoxy) is 1. The Morgan fingerprint density at radius 2 is 2.00 bits per heavy atom. The van der Waals surface area contributed by atoms with Gasteiger partial charge in [-0.2, -0.15) is 0 Å². The average molecular weight is 284 g/mol. The molecule has 0 spiro atoms. The highest BCUT2D eigenvalue weighted by atomic mass is 16.5. The largest absolute Gasteiger partial charge is 0.385 e. The van der Waals surface area contributed by atoms with E-state index in [0.29, 0.717) is 13.2 Å². The van der Waals surface area contributed by atoms with E-state index < -0.39 is 5.54 Å². The van der Waals surface area contributed by atoms with Crippen LogP contribution in [-0.4, -0.2) is 48.6 Å². The van der Waals surface area contributed by atoms with Crippen LogP contribution in [0, 0.1) is 5.92 Å². The van der Waals surface area contributed by atoms with Crippen molar-refractivity contribution < 1.29 is 14.3 Å². The molecule has 0 aromatic rings. The predicted octanol–water partition coefficient (Wildman–Crippen LogP) is 1.56. The van der Waals surface area contributed by atoms with Gasteiger partial charge in [0.1, 0.15) is 11.6 Å². The minimum Gasteiger partial charge on any atom is -0.385 e. The van der Waals surface area contributed by atoms with E-state index in [4.69, 9.17) is 4.74 Å². The highest BCUT2D eigenvalue weighted by molar-refractivity contribution is 5.99. The summed E-state index contributed by atoms with van der Waals surface area (Å²) in [4.78, 5) is 26.6. The Bertz CT molecular complexity index is 355. The summed E-state index contributed by atoms with van der Waals surface area (Å²) in [6.45, 7) is 8.95. The van der Waals surface area contributed by atoms with Crippen molar-refractivity contribution in [3.63, 3.8) is 0 Å². The zero-order chi connectivity index (χ0) is 15.3. The van der Waals surface area contributed by atoms with Crippen LogP contribution in [0.15, 0.2) is 0 Å². The predicted molar refractivity (Wildman–Crippen MR) is 78.3 cm³/mol. The Balaban J connectivity index is 2.79. The molecular weight excluding hydrogens is 256 g/mol. The second kappa shape index (κ2) is 7.07. The number of hydrogen-bond acceptors (Lipinski definition) is 3. The smallest absolute Gasteiger partial charge is 0.246 e. The SMILES string of the molecule is CCC(C)C1NC(=O)C(C)(C)N(CCCCOC)C1=O. The Hall–Kier alpha value is -1.10. The first kappa shape index (κ1) is 17.0. The summed E-state index contributed by atoms with van der Waals surface area (Å²) in [5.74, 6) is 0.138. The molecular formula is C15H28N2O3. The maximum absolute atomic E-state index is 12.6. The quantitative estimate of drug-likeness (QED) is 0.722. The second-order valence-corrected chi connectivity index (χ2v) is 6.09. The van der Waals surface area contributed by atoms with Gasteiger partial charge in [-0.25, -0.2) is 0 Å². The van der Waals surface area contributed by atoms with Gasteiger partial charge in [0.05, 0.1) is 0 Å². The molecule has 1 fully saturated rings. The number of unbranched alkanes of at least 4 members (excludes halogenated alkanes) is 1. The van der Waals surface area contributed by atoms with Crippen molar-refractivity contribution in [2.45, 2.75) is 58.5 Å². The molecule has 20 heavy (non-hydrogen) atoms. The van der Waals surface area contributed by atoms with Crippen LogP contribution in [0.2, 0.25) is 0 Å². The maximum Gasteiger partial charge on any atom is 0.246 e. The summed E-state index contributed by atoms with van der Waals surface area (Å²) in [6.07, 6.45) is 2.62. The first-order valence-electron chi connectivity index (χ1n) is 7.47. The molecule has 1 aliphatic rings. The molecule has 1 N–H and O–H groups in total. The van der Waals surface area contributed by atoms with Gasteiger partial charge in [-0.05, 0) is 32.6 Å². The van der Waals surface area contributed by atoms with Crippen molar-refractivity contribution in [2.24, 2.45) is 5.92 Å². The monoisotopic (exact) mass is 284 g/mol. The van der Waals surface area contributed by atoms with Crippen molar-refractivity contribution in [1.29, 1.82) is 0 Å². The normalized spacial score (nSPS) is 23.6. The van der Waals surface area contributed by atoms with Crippen molar-refractivity contribution in [1.82, 2.24) is 10.2 Å². The van der Waals surface area contributed by atoms with Gasteiger partial charge < -0.3 is 15.0 Å². The van der Waals surface area contributed by atoms with Gasteiger partial charge >= 0.3 is 0 Å². The summed E-state index contributed by atoms with van der Waals surface area (Å²) in [5.41, 5.74) is -0.770. The van der Waals surface area contributed by atoms with Crippen molar-refractivity contribution in [2.75, 3.05) is 20.3 Å². The second-order valence-electron chi connectivity index (χ2n) is 6.09. The molecule has 116 valence electrons. The fourth-order valence-electron chi connectivity index (χ4n) is 2.47. The Morgan fingerprint density at radius 1 is 1.35 bits per heavy atom. The van der Waals surface area contributed by atoms with Gasteiger partial charge in [0.15, 0.2) is 0 Å². The third kappa shape index (κ3) is 3.51. The van der Waals surface area contributed by atoms with Gasteiger partial charge in [0.25, 0.3) is 0 Å². The molecule has 0 radical (unpaired) electrons. The standard InChI is InChI=1S/C15H28N2O3/c1-6-11(2)12-13(18)17(9-7-8-10-20-5)15(3,4)14(19)16-12/h11-12H,6-10H2,1-5H3,(H,16,19). The van der Waals surface area contributed by atoms with E-state index in [1.807, 2.05) is 27.7 Å². The van der Waals surface area contributed by atoms with Crippen LogP contribution in [0.1, 0.15) is 47.0 Å². The van der Waals surface area contributed by atoms with Crippen LogP contribution in [0.4, 0.5) is 0 Å². The number of piperazine rings is 1. The lowest BCUT2D eigenvalue weighted by atomic mass is 9.89. The van der Waals surface area contributed by atoms with Gasteiger partial charge in [-0.15, -0.1) is 0 Å². The third-order valence-electron chi connectivity index (χ3n) is 4.24. The van der Waals surface area contributed by atoms with E-state index in [1.54, 1.807) is 12.0 Å². The molecule has 0 aromatic carbocycles. The fraction of sp³-hybridized carbons (Fsp3) is 0.867. The van der Waals surface area contributed by atoms with E-state index in [-0.39, 0.29) is 23.8 Å². The fourth-order valence-corrected chi connectivity index (χ4v) is 2.47. The molecule has 1 heterocycles. The first-order valence-corrected chi connectivity index (χ1v) is 7.47. The van der Waals surface area contributed by atoms with Gasteiger partial charge in [0, 0.05) is 20.3 Å². The van der Waals surface area contributed by atoms with Crippen LogP contribution in [-0.2, 0) is 14.3 Å². The average Bonchev–Trinajstić information content (AvgIpc) is 2.41. The van der Waals surface area contributed by atoms with E-state index >= 15 is 0 Å². The molecule has 2 amide bonds. The first-order chi connectivity index (χ1) is 9.36. The third-order valence-corrected chi connectivity index (χ3v) is 4.24. The maximum atomic E-state index is 12.6. The minimum atomic E-state index is -0.770. The topological polar surface area (TPSA) is 58.6 Å². The van der Waals surface area contributed by atoms with E-state index in [1.165, 1.54) is 0 Å². The van der Waals surface area contributed by atoms with Crippen LogP contribution in [0.5, 0.6) is 0 Å². The molecule has 2 atom stereocenters. The summed E-state index contributed by atoms with van der Waals surface area (Å²) in [7, 11) is 1.67. The van der Waals surface area contributed by atoms with Crippen LogP contribution in [0.3, 0.4) is 0 Å². The van der Waals surface area contributed by atoms with E-state index in [0.717, 1.165) is 19.3 Å². The molecule has 5 nitrogen and oxygen atoms in total. The molecule has 0 bridgehead atoms. The molecule has 0 aromatic heterocycles. The summed E-state index contributed by atoms with van der Waals surface area (Å²) in [5, 5.41) is 2.88. The molecule has 0 aliphatic carbocycles. The molecule has 1 aliphatic heterocycles. The van der Waals surface area contributed by atoms with Gasteiger partial charge in [0.2, 0.25) is 11.8 Å². The molecule has 0 saturated carbocycles. The number of rotatable bonds is 7. The highest BCUT2D eigenvalue weighted by Crippen LogP contribution is 2.25. The zero-order valence-corrected chi connectivity index (χ0v) is 13.4. The van der Waals surface area contributed by atoms with Crippen molar-refractivity contribution >= 4 is 11.8 Å². The summed E-state index contributed by atoms with van der Waals surface area (Å²) in [6, 6.07) is -0.386. The Labute approximate surface area is 122 Å². The molecule has 1 rings (SSSR count). The number of hydrogen-bond donors (Lipinski definition) is 1. The Morgan fingerprint density at radius 3 is 2.55 bits per heavy atom. The van der Waals surface area contributed by atoms with E-state index in [9.17, 15) is 9.59 Å². The van der Waals surface area contributed by atoms with Crippen LogP contribution in [0.25, 0.3) is 0 Å². The highest BCUT2D eigenvalue weighted by Gasteiger charge is 2.46. The number of methoxy groups -OCH3 is 1. The van der Waals surface area contributed by atoms with Crippen LogP contribution >= 0.6 is 0 Å². The number of nitrogens with zero attached hydrogens (tertiary/aromatic N) is 1. The number of carbonyl (C=O) groups is 2. The lowest BCUT2D eigenvalue weighted by Gasteiger charge is -2.45. The van der Waals surface area contributed by atoms with Crippen LogP contribution < -0.4 is 5.32 Å².